The van der Waals surface area contributed by atoms with Crippen LogP contribution in [0.5, 0.6) is 0 Å². The number of hydrogen-bond donors (Lipinski definition) is 0. The van der Waals surface area contributed by atoms with Gasteiger partial charge in [-0.15, -0.1) is 0 Å². The lowest BCUT2D eigenvalue weighted by Gasteiger charge is -2.28. The minimum Gasteiger partial charge on any atom is -0.354 e. The first-order valence-corrected chi connectivity index (χ1v) is 6.44. The second kappa shape index (κ2) is 5.67. The number of halogens is 1. The molecule has 17 heavy (non-hydrogen) atoms. The quantitative estimate of drug-likeness (QED) is 0.823. The standard InChI is InChI=1S/C13H22ClN3/c1-8(2)7-9(3)17(6)13-12(14)15-10(4)11(5)16-13/h8-9H,7H2,1-6H3. The molecule has 0 radical (unpaired) electrons. The third-order valence-electron chi connectivity index (χ3n) is 3.06. The maximum Gasteiger partial charge on any atom is 0.171 e. The van der Waals surface area contributed by atoms with Gasteiger partial charge in [-0.2, -0.15) is 0 Å². The summed E-state index contributed by atoms with van der Waals surface area (Å²) in [6.07, 6.45) is 1.11. The smallest absolute Gasteiger partial charge is 0.171 e. The first kappa shape index (κ1) is 14.2. The Morgan fingerprint density at radius 2 is 1.65 bits per heavy atom. The fourth-order valence-corrected chi connectivity index (χ4v) is 2.14. The summed E-state index contributed by atoms with van der Waals surface area (Å²) in [4.78, 5) is 11.0. The van der Waals surface area contributed by atoms with E-state index >= 15 is 0 Å². The molecule has 1 aromatic rings. The summed E-state index contributed by atoms with van der Waals surface area (Å²) >= 11 is 6.16. The molecule has 0 aliphatic rings. The van der Waals surface area contributed by atoms with Crippen molar-refractivity contribution < 1.29 is 0 Å². The van der Waals surface area contributed by atoms with Gasteiger partial charge in [-0.25, -0.2) is 9.97 Å². The largest absolute Gasteiger partial charge is 0.354 e. The van der Waals surface area contributed by atoms with Crippen LogP contribution in [0.2, 0.25) is 5.15 Å². The van der Waals surface area contributed by atoms with Crippen LogP contribution in [-0.4, -0.2) is 23.1 Å². The van der Waals surface area contributed by atoms with Gasteiger partial charge < -0.3 is 4.90 Å². The second-order valence-electron chi connectivity index (χ2n) is 5.10. The average Bonchev–Trinajstić information content (AvgIpc) is 2.21. The van der Waals surface area contributed by atoms with Crippen LogP contribution in [-0.2, 0) is 0 Å². The van der Waals surface area contributed by atoms with E-state index in [0.717, 1.165) is 23.6 Å². The van der Waals surface area contributed by atoms with E-state index < -0.39 is 0 Å². The van der Waals surface area contributed by atoms with E-state index in [1.54, 1.807) is 0 Å². The first-order chi connectivity index (χ1) is 7.82. The average molecular weight is 256 g/mol. The van der Waals surface area contributed by atoms with Gasteiger partial charge in [-0.05, 0) is 33.1 Å². The predicted molar refractivity (Wildman–Crippen MR) is 73.8 cm³/mol. The highest BCUT2D eigenvalue weighted by Gasteiger charge is 2.17. The molecule has 0 N–H and O–H groups in total. The van der Waals surface area contributed by atoms with Crippen LogP contribution in [0.4, 0.5) is 5.82 Å². The number of aryl methyl sites for hydroxylation is 2. The Balaban J connectivity index is 2.95. The summed E-state index contributed by atoms with van der Waals surface area (Å²) in [5.41, 5.74) is 1.83. The van der Waals surface area contributed by atoms with Gasteiger partial charge in [-0.3, -0.25) is 0 Å². The van der Waals surface area contributed by atoms with Crippen LogP contribution in [0, 0.1) is 19.8 Å². The lowest BCUT2D eigenvalue weighted by molar-refractivity contribution is 0.501. The molecule has 1 aromatic heterocycles. The molecule has 3 nitrogen and oxygen atoms in total. The van der Waals surface area contributed by atoms with Gasteiger partial charge in [0.25, 0.3) is 0 Å². The molecule has 1 rings (SSSR count). The fraction of sp³-hybridized carbons (Fsp3) is 0.692. The highest BCUT2D eigenvalue weighted by Crippen LogP contribution is 2.24. The molecule has 1 unspecified atom stereocenters. The molecule has 0 spiro atoms. The van der Waals surface area contributed by atoms with E-state index in [0.29, 0.717) is 17.1 Å². The molecule has 96 valence electrons. The van der Waals surface area contributed by atoms with Crippen molar-refractivity contribution in [1.29, 1.82) is 0 Å². The Labute approximate surface area is 109 Å². The first-order valence-electron chi connectivity index (χ1n) is 6.06. The zero-order valence-electron chi connectivity index (χ0n) is 11.6. The number of hydrogen-bond acceptors (Lipinski definition) is 3. The van der Waals surface area contributed by atoms with Crippen LogP contribution in [0.15, 0.2) is 0 Å². The molecule has 0 saturated carbocycles. The van der Waals surface area contributed by atoms with E-state index in [1.807, 2.05) is 20.9 Å². The molecule has 0 bridgehead atoms. The van der Waals surface area contributed by atoms with E-state index in [9.17, 15) is 0 Å². The number of nitrogens with zero attached hydrogens (tertiary/aromatic N) is 3. The van der Waals surface area contributed by atoms with Crippen molar-refractivity contribution in [1.82, 2.24) is 9.97 Å². The Morgan fingerprint density at radius 1 is 1.12 bits per heavy atom. The van der Waals surface area contributed by atoms with E-state index in [4.69, 9.17) is 11.6 Å². The van der Waals surface area contributed by atoms with Crippen molar-refractivity contribution >= 4 is 17.4 Å². The molecule has 0 amide bonds. The normalized spacial score (nSPS) is 12.9. The van der Waals surface area contributed by atoms with Crippen molar-refractivity contribution in [3.05, 3.63) is 16.5 Å². The summed E-state index contributed by atoms with van der Waals surface area (Å²) in [7, 11) is 2.03. The molecular weight excluding hydrogens is 234 g/mol. The summed E-state index contributed by atoms with van der Waals surface area (Å²) in [5, 5.41) is 0.492. The maximum absolute atomic E-state index is 6.16. The molecule has 0 saturated heterocycles. The summed E-state index contributed by atoms with van der Waals surface area (Å²) in [6.45, 7) is 10.5. The molecule has 1 atom stereocenters. The summed E-state index contributed by atoms with van der Waals surface area (Å²) in [6, 6.07) is 0.406. The topological polar surface area (TPSA) is 29.0 Å². The number of rotatable bonds is 4. The van der Waals surface area contributed by atoms with Crippen LogP contribution >= 0.6 is 11.6 Å². The van der Waals surface area contributed by atoms with Crippen molar-refractivity contribution in [2.24, 2.45) is 5.92 Å². The number of anilines is 1. The lowest BCUT2D eigenvalue weighted by atomic mass is 10.0. The van der Waals surface area contributed by atoms with Crippen molar-refractivity contribution in [2.75, 3.05) is 11.9 Å². The third-order valence-corrected chi connectivity index (χ3v) is 3.31. The molecule has 0 aliphatic carbocycles. The van der Waals surface area contributed by atoms with E-state index in [2.05, 4.69) is 35.6 Å². The molecule has 4 heteroatoms. The minimum absolute atomic E-state index is 0.406. The molecular formula is C13H22ClN3. The van der Waals surface area contributed by atoms with E-state index in [-0.39, 0.29) is 0 Å². The SMILES string of the molecule is Cc1nc(Cl)c(N(C)C(C)CC(C)C)nc1C. The Hall–Kier alpha value is -0.830. The minimum atomic E-state index is 0.406. The van der Waals surface area contributed by atoms with Crippen LogP contribution in [0.25, 0.3) is 0 Å². The van der Waals surface area contributed by atoms with Crippen LogP contribution < -0.4 is 4.90 Å². The van der Waals surface area contributed by atoms with Crippen molar-refractivity contribution in [2.45, 2.75) is 47.1 Å². The maximum atomic E-state index is 6.16. The summed E-state index contributed by atoms with van der Waals surface area (Å²) < 4.78 is 0. The van der Waals surface area contributed by atoms with Crippen molar-refractivity contribution in [3.63, 3.8) is 0 Å². The van der Waals surface area contributed by atoms with Crippen molar-refractivity contribution in [3.8, 4) is 0 Å². The number of aromatic nitrogens is 2. The Bertz CT molecular complexity index is 390. The van der Waals surface area contributed by atoms with Crippen LogP contribution in [0.3, 0.4) is 0 Å². The predicted octanol–water partition coefficient (Wildman–Crippen LogP) is 3.62. The van der Waals surface area contributed by atoms with Gasteiger partial charge >= 0.3 is 0 Å². The third kappa shape index (κ3) is 3.56. The fourth-order valence-electron chi connectivity index (χ4n) is 1.84. The van der Waals surface area contributed by atoms with Crippen LogP contribution in [0.1, 0.15) is 38.6 Å². The Morgan fingerprint density at radius 3 is 2.18 bits per heavy atom. The Kier molecular flexibility index (Phi) is 4.75. The lowest BCUT2D eigenvalue weighted by Crippen LogP contribution is -2.31. The summed E-state index contributed by atoms with van der Waals surface area (Å²) in [5.74, 6) is 1.44. The molecule has 0 fully saturated rings. The van der Waals surface area contributed by atoms with Gasteiger partial charge in [-0.1, -0.05) is 25.4 Å². The highest BCUT2D eigenvalue weighted by molar-refractivity contribution is 6.31. The van der Waals surface area contributed by atoms with Gasteiger partial charge in [0, 0.05) is 13.1 Å². The molecule has 0 aromatic carbocycles. The van der Waals surface area contributed by atoms with Gasteiger partial charge in [0.15, 0.2) is 11.0 Å². The van der Waals surface area contributed by atoms with Gasteiger partial charge in [0.05, 0.1) is 11.4 Å². The molecule has 1 heterocycles. The second-order valence-corrected chi connectivity index (χ2v) is 5.46. The highest BCUT2D eigenvalue weighted by atomic mass is 35.5. The zero-order valence-corrected chi connectivity index (χ0v) is 12.3. The monoisotopic (exact) mass is 255 g/mol. The van der Waals surface area contributed by atoms with Gasteiger partial charge in [0.2, 0.25) is 0 Å². The van der Waals surface area contributed by atoms with E-state index in [1.165, 1.54) is 0 Å². The molecule has 0 aliphatic heterocycles. The zero-order chi connectivity index (χ0) is 13.2. The van der Waals surface area contributed by atoms with Gasteiger partial charge in [0.1, 0.15) is 0 Å².